The third-order valence-electron chi connectivity index (χ3n) is 3.26. The number of fused-ring (bicyclic) bond motifs is 2. The predicted molar refractivity (Wildman–Crippen MR) is 63.9 cm³/mol. The lowest BCUT2D eigenvalue weighted by molar-refractivity contribution is -0.0114. The second kappa shape index (κ2) is 3.73. The lowest BCUT2D eigenvalue weighted by atomic mass is 9.80. The Bertz CT molecular complexity index is 664. The van der Waals surface area contributed by atoms with Crippen molar-refractivity contribution in [2.45, 2.75) is 11.8 Å². The molecule has 0 unspecified atom stereocenters. The van der Waals surface area contributed by atoms with Crippen LogP contribution in [0, 0.1) is 0 Å². The highest BCUT2D eigenvalue weighted by Crippen LogP contribution is 2.53. The maximum Gasteiger partial charge on any atom is 0.299 e. The summed E-state index contributed by atoms with van der Waals surface area (Å²) in [5.74, 6) is -6.92. The van der Waals surface area contributed by atoms with E-state index in [0.717, 1.165) is 24.3 Å². The summed E-state index contributed by atoms with van der Waals surface area (Å²) in [6.07, 6.45) is 0. The number of benzene rings is 2. The summed E-state index contributed by atoms with van der Waals surface area (Å²) in [7, 11) is 0. The molecule has 5 heteroatoms. The van der Waals surface area contributed by atoms with Crippen LogP contribution in [0.4, 0.5) is 17.6 Å². The third-order valence-corrected chi connectivity index (χ3v) is 3.50. The van der Waals surface area contributed by atoms with Gasteiger partial charge in [0.25, 0.3) is 11.8 Å². The Morgan fingerprint density at radius 3 is 1.74 bits per heavy atom. The zero-order valence-electron chi connectivity index (χ0n) is 9.43. The normalized spacial score (nSPS) is 18.6. The summed E-state index contributed by atoms with van der Waals surface area (Å²) < 4.78 is 57.2. The van der Waals surface area contributed by atoms with Crippen LogP contribution in [0.15, 0.2) is 42.5 Å². The highest BCUT2D eigenvalue weighted by Gasteiger charge is 2.52. The molecule has 0 atom stereocenters. The van der Waals surface area contributed by atoms with Gasteiger partial charge in [-0.15, -0.1) is 0 Å². The molecule has 0 nitrogen and oxygen atoms in total. The van der Waals surface area contributed by atoms with E-state index in [4.69, 9.17) is 11.6 Å². The van der Waals surface area contributed by atoms with Gasteiger partial charge in [0.2, 0.25) is 0 Å². The smallest absolute Gasteiger partial charge is 0.196 e. The highest BCUT2D eigenvalue weighted by atomic mass is 35.5. The summed E-state index contributed by atoms with van der Waals surface area (Å²) >= 11 is 5.65. The Hall–Kier alpha value is -1.55. The van der Waals surface area contributed by atoms with Gasteiger partial charge in [-0.05, 0) is 12.1 Å². The summed E-state index contributed by atoms with van der Waals surface area (Å²) in [5, 5.41) is 0.00797. The lowest BCUT2D eigenvalue weighted by Crippen LogP contribution is -2.33. The third kappa shape index (κ3) is 1.59. The van der Waals surface area contributed by atoms with Crippen LogP contribution in [0.5, 0.6) is 0 Å². The van der Waals surface area contributed by atoms with Crippen molar-refractivity contribution < 1.29 is 17.6 Å². The van der Waals surface area contributed by atoms with Crippen molar-refractivity contribution in [3.8, 4) is 0 Å². The number of halogens is 5. The molecule has 3 rings (SSSR count). The Morgan fingerprint density at radius 2 is 1.16 bits per heavy atom. The van der Waals surface area contributed by atoms with Gasteiger partial charge in [0.05, 0.1) is 0 Å². The number of alkyl halides is 4. The molecule has 1 aliphatic carbocycles. The fraction of sp³-hybridized carbons (Fsp3) is 0.143. The topological polar surface area (TPSA) is 0 Å². The van der Waals surface area contributed by atoms with Crippen LogP contribution >= 0.6 is 11.6 Å². The van der Waals surface area contributed by atoms with Crippen LogP contribution in [0.3, 0.4) is 0 Å². The van der Waals surface area contributed by atoms with Gasteiger partial charge in [0.15, 0.2) is 0 Å². The van der Waals surface area contributed by atoms with Crippen LogP contribution in [-0.2, 0) is 11.8 Å². The molecule has 0 saturated heterocycles. The Balaban J connectivity index is 2.40. The second-order valence-corrected chi connectivity index (χ2v) is 4.82. The Kier molecular flexibility index (Phi) is 2.45. The fourth-order valence-electron chi connectivity index (χ4n) is 2.37. The highest BCUT2D eigenvalue weighted by molar-refractivity contribution is 6.30. The van der Waals surface area contributed by atoms with Crippen LogP contribution < -0.4 is 0 Å². The van der Waals surface area contributed by atoms with Gasteiger partial charge in [0, 0.05) is 27.3 Å². The van der Waals surface area contributed by atoms with Gasteiger partial charge >= 0.3 is 0 Å². The van der Waals surface area contributed by atoms with E-state index in [1.54, 1.807) is 0 Å². The van der Waals surface area contributed by atoms with E-state index in [1.165, 1.54) is 18.2 Å². The van der Waals surface area contributed by atoms with E-state index in [2.05, 4.69) is 0 Å². The van der Waals surface area contributed by atoms with Crippen molar-refractivity contribution in [3.63, 3.8) is 0 Å². The van der Waals surface area contributed by atoms with Crippen LogP contribution in [0.2, 0.25) is 5.02 Å². The number of rotatable bonds is 0. The molecule has 0 spiro atoms. The first-order valence-corrected chi connectivity index (χ1v) is 5.89. The molecule has 0 N–H and O–H groups in total. The Labute approximate surface area is 111 Å². The van der Waals surface area contributed by atoms with Gasteiger partial charge < -0.3 is 0 Å². The van der Waals surface area contributed by atoms with E-state index in [9.17, 15) is 17.6 Å². The van der Waals surface area contributed by atoms with Gasteiger partial charge in [-0.1, -0.05) is 41.9 Å². The van der Waals surface area contributed by atoms with E-state index in [1.807, 2.05) is 0 Å². The second-order valence-electron chi connectivity index (χ2n) is 4.38. The summed E-state index contributed by atoms with van der Waals surface area (Å²) in [6, 6.07) is 7.75. The van der Waals surface area contributed by atoms with E-state index < -0.39 is 34.1 Å². The van der Waals surface area contributed by atoms with Crippen molar-refractivity contribution in [1.29, 1.82) is 0 Å². The van der Waals surface area contributed by atoms with Gasteiger partial charge in [-0.25, -0.2) is 0 Å². The molecule has 2 aromatic carbocycles. The predicted octanol–water partition coefficient (Wildman–Crippen LogP) is 4.93. The fourth-order valence-corrected chi connectivity index (χ4v) is 2.54. The standard InChI is InChI=1S/C14H7ClF4/c15-8-5-6-11-12(7-8)14(18,19)10-4-2-1-3-9(10)13(11,16)17/h1-7H. The quantitative estimate of drug-likeness (QED) is 0.602. The molecule has 1 aliphatic rings. The molecule has 0 fully saturated rings. The van der Waals surface area contributed by atoms with Crippen LogP contribution in [0.1, 0.15) is 22.3 Å². The van der Waals surface area contributed by atoms with Crippen molar-refractivity contribution in [2.75, 3.05) is 0 Å². The SMILES string of the molecule is FC1(F)c2ccccc2C(F)(F)c2cc(Cl)ccc21. The van der Waals surface area contributed by atoms with Crippen LogP contribution in [-0.4, -0.2) is 0 Å². The minimum absolute atomic E-state index is 0.00797. The zero-order chi connectivity index (χ0) is 13.8. The molecule has 0 saturated carbocycles. The van der Waals surface area contributed by atoms with Gasteiger partial charge in [-0.2, -0.15) is 17.6 Å². The molecule has 19 heavy (non-hydrogen) atoms. The molecule has 98 valence electrons. The monoisotopic (exact) mass is 286 g/mol. The molecular weight excluding hydrogens is 280 g/mol. The first kappa shape index (κ1) is 12.5. The zero-order valence-corrected chi connectivity index (χ0v) is 10.2. The molecule has 0 aliphatic heterocycles. The summed E-state index contributed by atoms with van der Waals surface area (Å²) in [6.45, 7) is 0. The largest absolute Gasteiger partial charge is 0.299 e. The first-order valence-electron chi connectivity index (χ1n) is 5.51. The van der Waals surface area contributed by atoms with Crippen LogP contribution in [0.25, 0.3) is 0 Å². The first-order chi connectivity index (χ1) is 8.85. The molecular formula is C14H7ClF4. The molecule has 0 aromatic heterocycles. The van der Waals surface area contributed by atoms with Crippen molar-refractivity contribution in [1.82, 2.24) is 0 Å². The maximum atomic E-state index is 14.3. The molecule has 0 amide bonds. The lowest BCUT2D eigenvalue weighted by Gasteiger charge is -2.33. The van der Waals surface area contributed by atoms with Crippen molar-refractivity contribution in [3.05, 3.63) is 69.7 Å². The van der Waals surface area contributed by atoms with Crippen molar-refractivity contribution >= 4 is 11.6 Å². The average molecular weight is 287 g/mol. The molecule has 0 radical (unpaired) electrons. The Morgan fingerprint density at radius 1 is 0.684 bits per heavy atom. The molecule has 0 heterocycles. The summed E-state index contributed by atoms with van der Waals surface area (Å²) in [5.41, 5.74) is -2.76. The van der Waals surface area contributed by atoms with E-state index in [-0.39, 0.29) is 5.02 Å². The van der Waals surface area contributed by atoms with E-state index >= 15 is 0 Å². The van der Waals surface area contributed by atoms with Crippen molar-refractivity contribution in [2.24, 2.45) is 0 Å². The minimum atomic E-state index is -3.47. The average Bonchev–Trinajstić information content (AvgIpc) is 2.37. The molecule has 0 bridgehead atoms. The maximum absolute atomic E-state index is 14.3. The summed E-state index contributed by atoms with van der Waals surface area (Å²) in [4.78, 5) is 0. The molecule has 2 aromatic rings. The number of hydrogen-bond donors (Lipinski definition) is 0. The van der Waals surface area contributed by atoms with E-state index in [0.29, 0.717) is 0 Å². The van der Waals surface area contributed by atoms with Gasteiger partial charge in [0.1, 0.15) is 0 Å². The minimum Gasteiger partial charge on any atom is -0.196 e. The van der Waals surface area contributed by atoms with Gasteiger partial charge in [-0.3, -0.25) is 0 Å². The number of hydrogen-bond acceptors (Lipinski definition) is 0.